The minimum atomic E-state index is -4.50. The molecule has 8 nitrogen and oxygen atoms in total. The van der Waals surface area contributed by atoms with Crippen molar-refractivity contribution >= 4 is 17.5 Å². The lowest BCUT2D eigenvalue weighted by Crippen LogP contribution is -2.63. The molecular formula is C29H34ClF3N2O6. The van der Waals surface area contributed by atoms with Crippen molar-refractivity contribution in [2.45, 2.75) is 75.8 Å². The fraction of sp³-hybridized carbons (Fsp3) is 0.552. The van der Waals surface area contributed by atoms with Crippen LogP contribution in [0, 0.1) is 0 Å². The molecule has 4 atom stereocenters. The highest BCUT2D eigenvalue weighted by atomic mass is 35.5. The SMILES string of the molecule is CC1(C)O[C@@H]2C[C@@](OCc3cccc(C(F)(F)F)c3)(C(=O)NN3CCOCC3)CC(OCc3cccc(Cl)c3)[C@@H]2O1. The summed E-state index contributed by atoms with van der Waals surface area (Å²) in [6.07, 6.45) is -5.92. The fourth-order valence-corrected chi connectivity index (χ4v) is 5.73. The zero-order valence-electron chi connectivity index (χ0n) is 22.9. The molecule has 1 saturated carbocycles. The summed E-state index contributed by atoms with van der Waals surface area (Å²) in [5, 5.41) is 2.32. The van der Waals surface area contributed by atoms with Crippen molar-refractivity contribution < 1.29 is 41.7 Å². The molecular weight excluding hydrogens is 565 g/mol. The third kappa shape index (κ3) is 7.40. The van der Waals surface area contributed by atoms with Crippen LogP contribution in [0.4, 0.5) is 13.2 Å². The lowest BCUT2D eigenvalue weighted by Gasteiger charge is -2.44. The Balaban J connectivity index is 1.42. The average Bonchev–Trinajstić information content (AvgIpc) is 3.24. The summed E-state index contributed by atoms with van der Waals surface area (Å²) in [4.78, 5) is 14.0. The van der Waals surface area contributed by atoms with Crippen LogP contribution in [0.1, 0.15) is 43.4 Å². The highest BCUT2D eigenvalue weighted by molar-refractivity contribution is 6.30. The zero-order valence-corrected chi connectivity index (χ0v) is 23.7. The van der Waals surface area contributed by atoms with Crippen molar-refractivity contribution in [1.29, 1.82) is 0 Å². The van der Waals surface area contributed by atoms with E-state index in [0.717, 1.165) is 17.7 Å². The molecule has 1 N–H and O–H groups in total. The van der Waals surface area contributed by atoms with Gasteiger partial charge in [-0.15, -0.1) is 0 Å². The van der Waals surface area contributed by atoms with E-state index < -0.39 is 47.3 Å². The molecule has 1 amide bonds. The third-order valence-electron chi connectivity index (χ3n) is 7.46. The molecule has 1 unspecified atom stereocenters. The van der Waals surface area contributed by atoms with E-state index in [1.807, 2.05) is 12.1 Å². The lowest BCUT2D eigenvalue weighted by molar-refractivity contribution is -0.187. The third-order valence-corrected chi connectivity index (χ3v) is 7.69. The number of alkyl halides is 3. The van der Waals surface area contributed by atoms with Gasteiger partial charge in [0.15, 0.2) is 11.4 Å². The number of nitrogens with zero attached hydrogens (tertiary/aromatic N) is 1. The summed E-state index contributed by atoms with van der Waals surface area (Å²) in [6.45, 7) is 5.46. The Bertz CT molecular complexity index is 1230. The molecule has 0 spiro atoms. The van der Waals surface area contributed by atoms with E-state index in [1.165, 1.54) is 6.07 Å². The second kappa shape index (κ2) is 12.2. The van der Waals surface area contributed by atoms with E-state index in [4.69, 9.17) is 35.3 Å². The van der Waals surface area contributed by atoms with Gasteiger partial charge < -0.3 is 23.7 Å². The van der Waals surface area contributed by atoms with Crippen LogP contribution < -0.4 is 5.43 Å². The van der Waals surface area contributed by atoms with E-state index >= 15 is 0 Å². The van der Waals surface area contributed by atoms with Crippen molar-refractivity contribution in [3.63, 3.8) is 0 Å². The molecule has 2 aromatic rings. The first-order chi connectivity index (χ1) is 19.4. The Hall–Kier alpha value is -2.25. The van der Waals surface area contributed by atoms with E-state index in [0.29, 0.717) is 36.9 Å². The van der Waals surface area contributed by atoms with Gasteiger partial charge in [-0.25, -0.2) is 5.01 Å². The number of morpholine rings is 1. The summed E-state index contributed by atoms with van der Waals surface area (Å²) in [5.74, 6) is -1.35. The Morgan fingerprint density at radius 3 is 2.46 bits per heavy atom. The highest BCUT2D eigenvalue weighted by Crippen LogP contribution is 2.44. The van der Waals surface area contributed by atoms with Crippen LogP contribution >= 0.6 is 11.6 Å². The first-order valence-electron chi connectivity index (χ1n) is 13.6. The fourth-order valence-electron chi connectivity index (χ4n) is 5.52. The lowest BCUT2D eigenvalue weighted by atomic mass is 9.78. The van der Waals surface area contributed by atoms with Crippen LogP contribution in [0.5, 0.6) is 0 Å². The van der Waals surface area contributed by atoms with Gasteiger partial charge in [-0.2, -0.15) is 13.2 Å². The maximum atomic E-state index is 14.0. The van der Waals surface area contributed by atoms with Crippen LogP contribution in [-0.2, 0) is 47.9 Å². The predicted molar refractivity (Wildman–Crippen MR) is 143 cm³/mol. The van der Waals surface area contributed by atoms with Crippen molar-refractivity contribution in [1.82, 2.24) is 10.4 Å². The summed E-state index contributed by atoms with van der Waals surface area (Å²) in [7, 11) is 0. The quantitative estimate of drug-likeness (QED) is 0.464. The van der Waals surface area contributed by atoms with Crippen LogP contribution in [0.25, 0.3) is 0 Å². The normalized spacial score (nSPS) is 28.3. The molecule has 3 fully saturated rings. The molecule has 41 heavy (non-hydrogen) atoms. The van der Waals surface area contributed by atoms with Gasteiger partial charge in [-0.1, -0.05) is 35.9 Å². The van der Waals surface area contributed by atoms with Crippen LogP contribution in [0.2, 0.25) is 5.02 Å². The molecule has 2 saturated heterocycles. The van der Waals surface area contributed by atoms with Crippen LogP contribution in [0.15, 0.2) is 48.5 Å². The molecule has 2 heterocycles. The topological polar surface area (TPSA) is 78.5 Å². The molecule has 1 aliphatic carbocycles. The summed E-state index contributed by atoms with van der Waals surface area (Å²) in [6, 6.07) is 12.2. The summed E-state index contributed by atoms with van der Waals surface area (Å²) < 4.78 is 70.6. The first kappa shape index (κ1) is 30.2. The molecule has 224 valence electrons. The Morgan fingerprint density at radius 1 is 1.05 bits per heavy atom. The maximum Gasteiger partial charge on any atom is 0.416 e. The van der Waals surface area contributed by atoms with Gasteiger partial charge in [-0.3, -0.25) is 10.2 Å². The van der Waals surface area contributed by atoms with E-state index in [1.54, 1.807) is 37.1 Å². The molecule has 0 bridgehead atoms. The number of ether oxygens (including phenoxy) is 5. The molecule has 2 aromatic carbocycles. The molecule has 3 aliphatic rings. The van der Waals surface area contributed by atoms with E-state index in [9.17, 15) is 18.0 Å². The van der Waals surface area contributed by atoms with Gasteiger partial charge in [0.1, 0.15) is 6.10 Å². The maximum absolute atomic E-state index is 14.0. The number of hydrogen-bond donors (Lipinski definition) is 1. The van der Waals surface area contributed by atoms with Gasteiger partial charge in [-0.05, 0) is 49.2 Å². The van der Waals surface area contributed by atoms with Gasteiger partial charge in [0.2, 0.25) is 0 Å². The molecule has 2 aliphatic heterocycles. The van der Waals surface area contributed by atoms with Gasteiger partial charge in [0, 0.05) is 31.0 Å². The standard InChI is InChI=1S/C29H34ClF3N2O6/c1-27(2)40-24-16-28(26(36)34-35-9-11-37-12-10-35,39-18-19-5-3-7-21(13-19)29(31,32)33)15-23(25(24)41-27)38-17-20-6-4-8-22(30)14-20/h3-8,13-14,23-25H,9-12,15-18H2,1-2H3,(H,34,36)/t23?,24-,25+,28-/m1/s1. The number of hydrazine groups is 1. The van der Waals surface area contributed by atoms with Crippen molar-refractivity contribution in [3.05, 3.63) is 70.2 Å². The van der Waals surface area contributed by atoms with E-state index in [-0.39, 0.29) is 26.1 Å². The van der Waals surface area contributed by atoms with Gasteiger partial charge in [0.05, 0.1) is 44.2 Å². The number of amides is 1. The number of carbonyl (C=O) groups excluding carboxylic acids is 1. The second-order valence-electron chi connectivity index (χ2n) is 11.0. The molecule has 5 rings (SSSR count). The van der Waals surface area contributed by atoms with Crippen LogP contribution in [-0.4, -0.2) is 66.9 Å². The smallest absolute Gasteiger partial charge is 0.379 e. The summed E-state index contributed by atoms with van der Waals surface area (Å²) >= 11 is 6.15. The molecule has 0 aromatic heterocycles. The highest BCUT2D eigenvalue weighted by Gasteiger charge is 2.58. The number of halogens is 4. The zero-order chi connectivity index (χ0) is 29.3. The van der Waals surface area contributed by atoms with Crippen molar-refractivity contribution in [2.24, 2.45) is 0 Å². The predicted octanol–water partition coefficient (Wildman–Crippen LogP) is 4.88. The Morgan fingerprint density at radius 2 is 1.76 bits per heavy atom. The minimum Gasteiger partial charge on any atom is -0.379 e. The molecule has 12 heteroatoms. The summed E-state index contributed by atoms with van der Waals surface area (Å²) in [5.41, 5.74) is 1.81. The van der Waals surface area contributed by atoms with Crippen molar-refractivity contribution in [2.75, 3.05) is 26.3 Å². The number of rotatable bonds is 8. The minimum absolute atomic E-state index is 0.101. The number of benzene rings is 2. The second-order valence-corrected chi connectivity index (χ2v) is 11.5. The van der Waals surface area contributed by atoms with Gasteiger partial charge >= 0.3 is 6.18 Å². The molecule has 0 radical (unpaired) electrons. The van der Waals surface area contributed by atoms with E-state index in [2.05, 4.69) is 5.43 Å². The number of fused-ring (bicyclic) bond motifs is 1. The average molecular weight is 599 g/mol. The van der Waals surface area contributed by atoms with Crippen LogP contribution in [0.3, 0.4) is 0 Å². The number of hydrogen-bond acceptors (Lipinski definition) is 7. The Labute approximate surface area is 241 Å². The Kier molecular flexibility index (Phi) is 8.96. The number of nitrogens with one attached hydrogen (secondary N) is 1. The largest absolute Gasteiger partial charge is 0.416 e. The first-order valence-corrected chi connectivity index (χ1v) is 14.0. The number of carbonyl (C=O) groups is 1. The van der Waals surface area contributed by atoms with Crippen molar-refractivity contribution in [3.8, 4) is 0 Å². The monoisotopic (exact) mass is 598 g/mol. The van der Waals surface area contributed by atoms with Gasteiger partial charge in [0.25, 0.3) is 5.91 Å².